The first-order valence-electron chi connectivity index (χ1n) is 7.68. The molecule has 0 saturated heterocycles. The normalized spacial score (nSPS) is 11.6. The first kappa shape index (κ1) is 17.2. The molecule has 0 radical (unpaired) electrons. The lowest BCUT2D eigenvalue weighted by Gasteiger charge is -2.11. The van der Waals surface area contributed by atoms with Crippen LogP contribution in [0.2, 0.25) is 0 Å². The van der Waals surface area contributed by atoms with Crippen LogP contribution in [0.15, 0.2) is 47.6 Å². The van der Waals surface area contributed by atoms with Crippen LogP contribution in [0.4, 0.5) is 0 Å². The van der Waals surface area contributed by atoms with Crippen molar-refractivity contribution in [2.24, 2.45) is 0 Å². The quantitative estimate of drug-likeness (QED) is 0.672. The summed E-state index contributed by atoms with van der Waals surface area (Å²) in [6, 6.07) is 8.30. The number of aromatic amines is 1. The molecule has 1 aromatic carbocycles. The van der Waals surface area contributed by atoms with Gasteiger partial charge >= 0.3 is 0 Å². The Morgan fingerprint density at radius 3 is 2.72 bits per heavy atom. The summed E-state index contributed by atoms with van der Waals surface area (Å²) in [5, 5.41) is 0.993. The van der Waals surface area contributed by atoms with Gasteiger partial charge in [0.05, 0.1) is 19.1 Å². The summed E-state index contributed by atoms with van der Waals surface area (Å²) < 4.78 is 37.8. The second-order valence-electron chi connectivity index (χ2n) is 5.38. The van der Waals surface area contributed by atoms with Gasteiger partial charge in [-0.2, -0.15) is 0 Å². The van der Waals surface area contributed by atoms with Gasteiger partial charge in [0.2, 0.25) is 10.0 Å². The molecule has 0 amide bonds. The van der Waals surface area contributed by atoms with Crippen molar-refractivity contribution in [3.05, 3.63) is 48.3 Å². The largest absolute Gasteiger partial charge is 0.493 e. The summed E-state index contributed by atoms with van der Waals surface area (Å²) in [6.45, 7) is 0.276. The van der Waals surface area contributed by atoms with Crippen molar-refractivity contribution in [2.45, 2.75) is 11.3 Å². The first-order chi connectivity index (χ1) is 12.0. The van der Waals surface area contributed by atoms with Crippen molar-refractivity contribution in [2.75, 3.05) is 20.8 Å². The van der Waals surface area contributed by atoms with Gasteiger partial charge in [-0.1, -0.05) is 0 Å². The van der Waals surface area contributed by atoms with Gasteiger partial charge in [0.25, 0.3) is 0 Å². The van der Waals surface area contributed by atoms with E-state index >= 15 is 0 Å². The molecule has 3 aromatic rings. The standard InChI is InChI=1S/C17H19N3O4S/c1-23-15-6-5-13(10-16(15)24-2)25(21,22)20-9-7-12-11-19-17-14(12)4-3-8-18-17/h3-6,8,10-11,20H,7,9H2,1-2H3,(H,18,19). The molecule has 25 heavy (non-hydrogen) atoms. The summed E-state index contributed by atoms with van der Waals surface area (Å²) in [4.78, 5) is 7.43. The monoisotopic (exact) mass is 361 g/mol. The van der Waals surface area contributed by atoms with E-state index in [1.165, 1.54) is 26.4 Å². The van der Waals surface area contributed by atoms with E-state index in [-0.39, 0.29) is 11.4 Å². The Morgan fingerprint density at radius 1 is 1.16 bits per heavy atom. The van der Waals surface area contributed by atoms with Gasteiger partial charge in [0.1, 0.15) is 5.65 Å². The highest BCUT2D eigenvalue weighted by atomic mass is 32.2. The third-order valence-corrected chi connectivity index (χ3v) is 5.35. The number of aromatic nitrogens is 2. The van der Waals surface area contributed by atoms with Crippen molar-refractivity contribution >= 4 is 21.1 Å². The highest BCUT2D eigenvalue weighted by molar-refractivity contribution is 7.89. The molecule has 0 fully saturated rings. The SMILES string of the molecule is COc1ccc(S(=O)(=O)NCCc2c[nH]c3ncccc23)cc1OC. The Kier molecular flexibility index (Phi) is 4.91. The zero-order chi connectivity index (χ0) is 17.9. The van der Waals surface area contributed by atoms with Crippen LogP contribution in [0.1, 0.15) is 5.56 Å². The van der Waals surface area contributed by atoms with Crippen LogP contribution >= 0.6 is 0 Å². The number of nitrogens with zero attached hydrogens (tertiary/aromatic N) is 1. The maximum Gasteiger partial charge on any atom is 0.240 e. The molecule has 2 heterocycles. The van der Waals surface area contributed by atoms with Crippen LogP contribution in [-0.2, 0) is 16.4 Å². The van der Waals surface area contributed by atoms with Crippen LogP contribution < -0.4 is 14.2 Å². The van der Waals surface area contributed by atoms with Gasteiger partial charge in [-0.3, -0.25) is 0 Å². The predicted molar refractivity (Wildman–Crippen MR) is 94.5 cm³/mol. The number of pyridine rings is 1. The molecule has 132 valence electrons. The van der Waals surface area contributed by atoms with E-state index < -0.39 is 10.0 Å². The topological polar surface area (TPSA) is 93.3 Å². The fourth-order valence-corrected chi connectivity index (χ4v) is 3.65. The minimum atomic E-state index is -3.64. The third-order valence-electron chi connectivity index (χ3n) is 3.89. The number of hydrogen-bond acceptors (Lipinski definition) is 5. The maximum atomic E-state index is 12.5. The molecule has 2 aromatic heterocycles. The second-order valence-corrected chi connectivity index (χ2v) is 7.15. The number of sulfonamides is 1. The Bertz CT molecular complexity index is 982. The number of rotatable bonds is 7. The van der Waals surface area contributed by atoms with E-state index in [1.807, 2.05) is 18.3 Å². The molecule has 0 aliphatic heterocycles. The fraction of sp³-hybridized carbons (Fsp3) is 0.235. The molecule has 0 bridgehead atoms. The molecular formula is C17H19N3O4S. The number of hydrogen-bond donors (Lipinski definition) is 2. The van der Waals surface area contributed by atoms with E-state index in [2.05, 4.69) is 14.7 Å². The third kappa shape index (κ3) is 3.59. The second kappa shape index (κ2) is 7.12. The number of nitrogens with one attached hydrogen (secondary N) is 2. The first-order valence-corrected chi connectivity index (χ1v) is 9.16. The van der Waals surface area contributed by atoms with Crippen LogP contribution in [0.5, 0.6) is 11.5 Å². The van der Waals surface area contributed by atoms with E-state index in [1.54, 1.807) is 12.3 Å². The Labute approximate surface area is 146 Å². The zero-order valence-electron chi connectivity index (χ0n) is 13.9. The van der Waals surface area contributed by atoms with Gasteiger partial charge in [-0.15, -0.1) is 0 Å². The number of methoxy groups -OCH3 is 2. The lowest BCUT2D eigenvalue weighted by molar-refractivity contribution is 0.354. The maximum absolute atomic E-state index is 12.5. The number of benzene rings is 1. The summed E-state index contributed by atoms with van der Waals surface area (Å²) in [6.07, 6.45) is 4.11. The molecule has 0 unspecified atom stereocenters. The van der Waals surface area contributed by atoms with Gasteiger partial charge in [0.15, 0.2) is 11.5 Å². The van der Waals surface area contributed by atoms with Crippen LogP contribution in [0.3, 0.4) is 0 Å². The summed E-state index contributed by atoms with van der Waals surface area (Å²) in [5.41, 5.74) is 1.80. The van der Waals surface area contributed by atoms with Crippen LogP contribution in [0, 0.1) is 0 Å². The number of fused-ring (bicyclic) bond motifs is 1. The molecule has 0 saturated carbocycles. The van der Waals surface area contributed by atoms with Crippen LogP contribution in [-0.4, -0.2) is 39.2 Å². The smallest absolute Gasteiger partial charge is 0.240 e. The average Bonchev–Trinajstić information content (AvgIpc) is 3.04. The Hall–Kier alpha value is -2.58. The Balaban J connectivity index is 1.72. The summed E-state index contributed by atoms with van der Waals surface area (Å²) >= 11 is 0. The predicted octanol–water partition coefficient (Wildman–Crippen LogP) is 2.10. The van der Waals surface area contributed by atoms with Gasteiger partial charge in [0, 0.05) is 30.4 Å². The minimum Gasteiger partial charge on any atom is -0.493 e. The molecule has 0 spiro atoms. The summed E-state index contributed by atoms with van der Waals surface area (Å²) in [7, 11) is -0.670. The lowest BCUT2D eigenvalue weighted by atomic mass is 10.2. The molecule has 0 aliphatic rings. The number of H-pyrrole nitrogens is 1. The number of ether oxygens (including phenoxy) is 2. The van der Waals surface area contributed by atoms with Crippen molar-refractivity contribution in [3.8, 4) is 11.5 Å². The minimum absolute atomic E-state index is 0.130. The van der Waals surface area contributed by atoms with Crippen molar-refractivity contribution in [3.63, 3.8) is 0 Å². The summed E-state index contributed by atoms with van der Waals surface area (Å²) in [5.74, 6) is 0.848. The Morgan fingerprint density at radius 2 is 1.96 bits per heavy atom. The zero-order valence-corrected chi connectivity index (χ0v) is 14.8. The van der Waals surface area contributed by atoms with Crippen molar-refractivity contribution in [1.29, 1.82) is 0 Å². The van der Waals surface area contributed by atoms with Gasteiger partial charge in [-0.05, 0) is 36.2 Å². The molecule has 7 nitrogen and oxygen atoms in total. The molecule has 8 heteroatoms. The van der Waals surface area contributed by atoms with Crippen molar-refractivity contribution < 1.29 is 17.9 Å². The highest BCUT2D eigenvalue weighted by Gasteiger charge is 2.17. The van der Waals surface area contributed by atoms with Gasteiger partial charge in [-0.25, -0.2) is 18.1 Å². The van der Waals surface area contributed by atoms with Gasteiger partial charge < -0.3 is 14.5 Å². The highest BCUT2D eigenvalue weighted by Crippen LogP contribution is 2.29. The van der Waals surface area contributed by atoms with E-state index in [9.17, 15) is 8.42 Å². The molecular weight excluding hydrogens is 342 g/mol. The molecule has 0 atom stereocenters. The van der Waals surface area contributed by atoms with E-state index in [4.69, 9.17) is 9.47 Å². The molecule has 2 N–H and O–H groups in total. The van der Waals surface area contributed by atoms with E-state index in [0.29, 0.717) is 17.9 Å². The van der Waals surface area contributed by atoms with Crippen molar-refractivity contribution in [1.82, 2.24) is 14.7 Å². The average molecular weight is 361 g/mol. The van der Waals surface area contributed by atoms with Crippen LogP contribution in [0.25, 0.3) is 11.0 Å². The molecule has 3 rings (SSSR count). The lowest BCUT2D eigenvalue weighted by Crippen LogP contribution is -2.26. The van der Waals surface area contributed by atoms with E-state index in [0.717, 1.165) is 16.6 Å². The molecule has 0 aliphatic carbocycles. The fourth-order valence-electron chi connectivity index (χ4n) is 2.61.